The minimum absolute atomic E-state index is 0.0929. The largest absolute Gasteiger partial charge is 0.399 e. The zero-order valence-electron chi connectivity index (χ0n) is 9.34. The highest BCUT2D eigenvalue weighted by Crippen LogP contribution is 2.27. The summed E-state index contributed by atoms with van der Waals surface area (Å²) in [7, 11) is -3.68. The van der Waals surface area contributed by atoms with Gasteiger partial charge in [0.2, 0.25) is 0 Å². The number of nitrogens with two attached hydrogens (primary N) is 1. The van der Waals surface area contributed by atoms with E-state index in [0.717, 1.165) is 4.88 Å². The van der Waals surface area contributed by atoms with Crippen LogP contribution in [0.5, 0.6) is 0 Å². The van der Waals surface area contributed by atoms with E-state index >= 15 is 0 Å². The summed E-state index contributed by atoms with van der Waals surface area (Å²) in [5.74, 6) is 0. The van der Waals surface area contributed by atoms with E-state index in [1.807, 2.05) is 6.92 Å². The van der Waals surface area contributed by atoms with Crippen molar-refractivity contribution in [1.82, 2.24) is 4.98 Å². The molecule has 0 aliphatic rings. The number of hydrogen-bond donors (Lipinski definition) is 2. The number of halogens is 1. The molecule has 0 radical (unpaired) electrons. The van der Waals surface area contributed by atoms with Crippen molar-refractivity contribution < 1.29 is 8.42 Å². The molecule has 18 heavy (non-hydrogen) atoms. The number of anilines is 2. The van der Waals surface area contributed by atoms with E-state index in [1.165, 1.54) is 17.4 Å². The third-order valence-electron chi connectivity index (χ3n) is 2.09. The third kappa shape index (κ3) is 2.82. The van der Waals surface area contributed by atoms with Crippen molar-refractivity contribution in [2.24, 2.45) is 0 Å². The van der Waals surface area contributed by atoms with Gasteiger partial charge in [-0.15, -0.1) is 11.3 Å². The van der Waals surface area contributed by atoms with Gasteiger partial charge >= 0.3 is 0 Å². The number of benzene rings is 1. The van der Waals surface area contributed by atoms with Crippen LogP contribution in [0.2, 0.25) is 0 Å². The second-order valence-electron chi connectivity index (χ2n) is 3.57. The fourth-order valence-electron chi connectivity index (χ4n) is 1.30. The molecule has 0 unspecified atom stereocenters. The Balaban J connectivity index is 2.39. The Morgan fingerprint density at radius 1 is 1.44 bits per heavy atom. The molecule has 2 aromatic rings. The van der Waals surface area contributed by atoms with Crippen LogP contribution in [-0.2, 0) is 10.0 Å². The van der Waals surface area contributed by atoms with Gasteiger partial charge in [-0.3, -0.25) is 4.72 Å². The topological polar surface area (TPSA) is 85.1 Å². The molecule has 0 amide bonds. The molecular formula is C10H10BrN3O2S2. The second-order valence-corrected chi connectivity index (χ2v) is 7.31. The van der Waals surface area contributed by atoms with Crippen molar-refractivity contribution in [3.63, 3.8) is 0 Å². The first kappa shape index (κ1) is 13.3. The van der Waals surface area contributed by atoms with Crippen LogP contribution in [0.25, 0.3) is 0 Å². The fourth-order valence-corrected chi connectivity index (χ4v) is 4.20. The smallest absolute Gasteiger partial charge is 0.264 e. The van der Waals surface area contributed by atoms with Gasteiger partial charge in [0.25, 0.3) is 10.0 Å². The molecule has 0 saturated carbocycles. The lowest BCUT2D eigenvalue weighted by Crippen LogP contribution is -2.13. The number of sulfonamides is 1. The van der Waals surface area contributed by atoms with E-state index in [1.54, 1.807) is 18.3 Å². The maximum atomic E-state index is 12.2. The summed E-state index contributed by atoms with van der Waals surface area (Å²) in [6.07, 6.45) is 1.61. The summed E-state index contributed by atoms with van der Waals surface area (Å²) in [5.41, 5.74) is 5.98. The number of hydrogen-bond acceptors (Lipinski definition) is 5. The van der Waals surface area contributed by atoms with E-state index in [2.05, 4.69) is 25.6 Å². The first-order valence-electron chi connectivity index (χ1n) is 4.89. The maximum Gasteiger partial charge on any atom is 0.264 e. The fraction of sp³-hybridized carbons (Fsp3) is 0.100. The average Bonchev–Trinajstić information content (AvgIpc) is 2.66. The highest BCUT2D eigenvalue weighted by atomic mass is 79.9. The normalized spacial score (nSPS) is 11.4. The lowest BCUT2D eigenvalue weighted by molar-refractivity contribution is 0.601. The van der Waals surface area contributed by atoms with Gasteiger partial charge in [0.05, 0.1) is 0 Å². The first-order valence-corrected chi connectivity index (χ1v) is 7.98. The Bertz CT molecular complexity index is 682. The zero-order valence-corrected chi connectivity index (χ0v) is 12.6. The lowest BCUT2D eigenvalue weighted by atomic mass is 10.3. The molecule has 0 bridgehead atoms. The van der Waals surface area contributed by atoms with Crippen LogP contribution >= 0.6 is 27.3 Å². The van der Waals surface area contributed by atoms with Crippen LogP contribution in [-0.4, -0.2) is 13.4 Å². The minimum Gasteiger partial charge on any atom is -0.399 e. The predicted molar refractivity (Wildman–Crippen MR) is 76.2 cm³/mol. The zero-order chi connectivity index (χ0) is 13.3. The number of rotatable bonds is 3. The molecular weight excluding hydrogens is 338 g/mol. The summed E-state index contributed by atoms with van der Waals surface area (Å²) < 4.78 is 27.2. The van der Waals surface area contributed by atoms with Crippen LogP contribution in [0.15, 0.2) is 33.8 Å². The Morgan fingerprint density at radius 3 is 2.78 bits per heavy atom. The SMILES string of the molecule is Cc1cnc(NS(=O)(=O)c2cc(N)ccc2Br)s1. The number of aromatic nitrogens is 1. The van der Waals surface area contributed by atoms with Crippen molar-refractivity contribution >= 4 is 48.1 Å². The number of aryl methyl sites for hydroxylation is 1. The Kier molecular flexibility index (Phi) is 3.60. The Morgan fingerprint density at radius 2 is 2.17 bits per heavy atom. The van der Waals surface area contributed by atoms with Gasteiger partial charge in [-0.2, -0.15) is 0 Å². The molecule has 0 saturated heterocycles. The Hall–Kier alpha value is -1.12. The van der Waals surface area contributed by atoms with Crippen LogP contribution < -0.4 is 10.5 Å². The average molecular weight is 348 g/mol. The number of thiazole rings is 1. The maximum absolute atomic E-state index is 12.2. The first-order chi connectivity index (χ1) is 8.38. The molecule has 8 heteroatoms. The van der Waals surface area contributed by atoms with Gasteiger partial charge in [0.15, 0.2) is 5.13 Å². The van der Waals surface area contributed by atoms with Crippen molar-refractivity contribution in [2.75, 3.05) is 10.5 Å². The van der Waals surface area contributed by atoms with E-state index in [-0.39, 0.29) is 4.90 Å². The van der Waals surface area contributed by atoms with Crippen LogP contribution in [0, 0.1) is 6.92 Å². The summed E-state index contributed by atoms with van der Waals surface area (Å²) in [6, 6.07) is 4.61. The molecule has 0 spiro atoms. The van der Waals surface area contributed by atoms with Gasteiger partial charge in [0.1, 0.15) is 4.90 Å². The molecule has 3 N–H and O–H groups in total. The summed E-state index contributed by atoms with van der Waals surface area (Å²) in [4.78, 5) is 4.98. The summed E-state index contributed by atoms with van der Waals surface area (Å²) >= 11 is 4.46. The molecule has 0 fully saturated rings. The van der Waals surface area contributed by atoms with E-state index in [4.69, 9.17) is 5.73 Å². The quantitative estimate of drug-likeness (QED) is 0.835. The molecule has 1 aromatic heterocycles. The molecule has 2 rings (SSSR count). The molecule has 5 nitrogen and oxygen atoms in total. The van der Waals surface area contributed by atoms with Gasteiger partial charge in [-0.05, 0) is 41.1 Å². The highest BCUT2D eigenvalue weighted by molar-refractivity contribution is 9.10. The van der Waals surface area contributed by atoms with Gasteiger partial charge in [0, 0.05) is 21.2 Å². The minimum atomic E-state index is -3.68. The monoisotopic (exact) mass is 347 g/mol. The van der Waals surface area contributed by atoms with E-state index < -0.39 is 10.0 Å². The van der Waals surface area contributed by atoms with Gasteiger partial charge < -0.3 is 5.73 Å². The summed E-state index contributed by atoms with van der Waals surface area (Å²) in [5, 5.41) is 0.335. The molecule has 1 heterocycles. The van der Waals surface area contributed by atoms with Crippen LogP contribution in [0.3, 0.4) is 0 Å². The standard InChI is InChI=1S/C10H10BrN3O2S2/c1-6-5-13-10(17-6)14-18(15,16)9-4-7(12)2-3-8(9)11/h2-5H,12H2,1H3,(H,13,14). The lowest BCUT2D eigenvalue weighted by Gasteiger charge is -2.07. The Labute approximate surface area is 117 Å². The molecule has 96 valence electrons. The van der Waals surface area contributed by atoms with Crippen molar-refractivity contribution in [3.8, 4) is 0 Å². The van der Waals surface area contributed by atoms with Crippen molar-refractivity contribution in [2.45, 2.75) is 11.8 Å². The van der Waals surface area contributed by atoms with Crippen molar-refractivity contribution in [3.05, 3.63) is 33.7 Å². The number of nitrogens with one attached hydrogen (secondary N) is 1. The molecule has 1 aromatic carbocycles. The molecule has 0 atom stereocenters. The van der Waals surface area contributed by atoms with Gasteiger partial charge in [-0.1, -0.05) is 0 Å². The second kappa shape index (κ2) is 4.87. The number of nitrogen functional groups attached to an aromatic ring is 1. The van der Waals surface area contributed by atoms with Crippen molar-refractivity contribution in [1.29, 1.82) is 0 Å². The van der Waals surface area contributed by atoms with Gasteiger partial charge in [-0.25, -0.2) is 13.4 Å². The highest BCUT2D eigenvalue weighted by Gasteiger charge is 2.19. The third-order valence-corrected chi connectivity index (χ3v) is 5.38. The van der Waals surface area contributed by atoms with E-state index in [0.29, 0.717) is 15.3 Å². The summed E-state index contributed by atoms with van der Waals surface area (Å²) in [6.45, 7) is 1.85. The van der Waals surface area contributed by atoms with E-state index in [9.17, 15) is 8.42 Å². The molecule has 0 aliphatic carbocycles. The van der Waals surface area contributed by atoms with Crippen LogP contribution in [0.4, 0.5) is 10.8 Å². The predicted octanol–water partition coefficient (Wildman–Crippen LogP) is 2.60. The number of nitrogens with zero attached hydrogens (tertiary/aromatic N) is 1. The van der Waals surface area contributed by atoms with Crippen LogP contribution in [0.1, 0.15) is 4.88 Å². The molecule has 0 aliphatic heterocycles.